The number of imidazole rings is 1. The second-order valence-electron chi connectivity index (χ2n) is 8.67. The number of carbonyl (C=O) groups excluding carboxylic acids is 1. The highest BCUT2D eigenvalue weighted by Crippen LogP contribution is 2.47. The first-order valence-electron chi connectivity index (χ1n) is 10.9. The Morgan fingerprint density at radius 2 is 1.94 bits per heavy atom. The Bertz CT molecular complexity index is 1250. The summed E-state index contributed by atoms with van der Waals surface area (Å²) >= 11 is 0. The molecule has 0 amide bonds. The molecule has 0 unspecified atom stereocenters. The van der Waals surface area contributed by atoms with Gasteiger partial charge in [-0.15, -0.1) is 0 Å². The van der Waals surface area contributed by atoms with E-state index in [9.17, 15) is 23.1 Å². The zero-order valence-corrected chi connectivity index (χ0v) is 18.0. The molecule has 0 bridgehead atoms. The lowest BCUT2D eigenvalue weighted by Gasteiger charge is -2.29. The summed E-state index contributed by atoms with van der Waals surface area (Å²) in [6, 6.07) is 14.0. The van der Waals surface area contributed by atoms with E-state index >= 15 is 0 Å². The number of rotatable bonds is 5. The highest BCUT2D eigenvalue weighted by atomic mass is 19.4. The quantitative estimate of drug-likeness (QED) is 0.518. The molecule has 2 aliphatic rings. The zero-order valence-electron chi connectivity index (χ0n) is 18.0. The number of nitrogens with one attached hydrogen (secondary N) is 1. The Morgan fingerprint density at radius 1 is 1.18 bits per heavy atom. The smallest absolute Gasteiger partial charge is 0.380 e. The molecule has 0 saturated heterocycles. The Morgan fingerprint density at radius 3 is 2.65 bits per heavy atom. The molecule has 2 heterocycles. The molecule has 2 atom stereocenters. The fourth-order valence-electron chi connectivity index (χ4n) is 4.47. The first-order chi connectivity index (χ1) is 16.2. The summed E-state index contributed by atoms with van der Waals surface area (Å²) in [6.07, 6.45) is 0.159. The lowest BCUT2D eigenvalue weighted by molar-refractivity contribution is -0.257. The van der Waals surface area contributed by atoms with Gasteiger partial charge in [0, 0.05) is 11.8 Å². The van der Waals surface area contributed by atoms with Crippen molar-refractivity contribution in [2.75, 3.05) is 6.54 Å². The zero-order chi connectivity index (χ0) is 23.9. The minimum Gasteiger partial charge on any atom is -0.380 e. The van der Waals surface area contributed by atoms with Gasteiger partial charge in [-0.1, -0.05) is 18.2 Å². The van der Waals surface area contributed by atoms with Crippen LogP contribution < -0.4 is 4.84 Å². The van der Waals surface area contributed by atoms with Gasteiger partial charge in [-0.3, -0.25) is 4.79 Å². The highest BCUT2D eigenvalue weighted by Gasteiger charge is 2.57. The average Bonchev–Trinajstić information content (AvgIpc) is 3.44. The molecule has 1 fully saturated rings. The topological polar surface area (TPSA) is 78.4 Å². The molecule has 34 heavy (non-hydrogen) atoms. The van der Waals surface area contributed by atoms with Gasteiger partial charge >= 0.3 is 6.18 Å². The predicted octanol–water partition coefficient (Wildman–Crippen LogP) is 4.94. The van der Waals surface area contributed by atoms with Crippen LogP contribution in [-0.2, 0) is 0 Å². The van der Waals surface area contributed by atoms with Crippen molar-refractivity contribution in [2.45, 2.75) is 31.0 Å². The first-order valence-corrected chi connectivity index (χ1v) is 10.9. The summed E-state index contributed by atoms with van der Waals surface area (Å²) in [5, 5.41) is 11.5. The summed E-state index contributed by atoms with van der Waals surface area (Å²) in [5.41, 5.74) is 0.0796. The largest absolute Gasteiger partial charge is 0.417 e. The van der Waals surface area contributed by atoms with E-state index in [2.05, 4.69) is 9.97 Å². The number of benzene rings is 2. The number of aromatic amines is 1. The molecule has 1 aliphatic carbocycles. The van der Waals surface area contributed by atoms with Crippen LogP contribution in [0.15, 0.2) is 72.5 Å². The number of fused-ring (bicyclic) bond motifs is 1. The van der Waals surface area contributed by atoms with Gasteiger partial charge < -0.3 is 14.9 Å². The van der Waals surface area contributed by atoms with Gasteiger partial charge in [-0.25, -0.2) is 10.0 Å². The van der Waals surface area contributed by atoms with Crippen molar-refractivity contribution in [2.24, 2.45) is 5.92 Å². The number of ketones is 1. The van der Waals surface area contributed by atoms with Crippen molar-refractivity contribution in [1.82, 2.24) is 15.0 Å². The lowest BCUT2D eigenvalue weighted by atomic mass is 9.93. The van der Waals surface area contributed by atoms with E-state index in [1.165, 1.54) is 5.06 Å². The van der Waals surface area contributed by atoms with Gasteiger partial charge in [0.05, 0.1) is 17.6 Å². The molecule has 3 aromatic rings. The SMILES string of the molecule is O=C(c1ccc(ON2C=CC=C([C@H]3CC[C@@](O)(C(F)(F)F)C3)C2)cc1)c1nc2ccccc2[nH]1. The molecule has 0 radical (unpaired) electrons. The maximum atomic E-state index is 13.2. The van der Waals surface area contributed by atoms with E-state index in [1.807, 2.05) is 24.3 Å². The Kier molecular flexibility index (Phi) is 5.44. The number of H-pyrrole nitrogens is 1. The summed E-state index contributed by atoms with van der Waals surface area (Å²) < 4.78 is 39.5. The van der Waals surface area contributed by atoms with Crippen LogP contribution in [0.1, 0.15) is 35.4 Å². The van der Waals surface area contributed by atoms with Crippen molar-refractivity contribution >= 4 is 16.8 Å². The Labute approximate surface area is 193 Å². The van der Waals surface area contributed by atoms with Crippen LogP contribution in [0.3, 0.4) is 0 Å². The van der Waals surface area contributed by atoms with Crippen LogP contribution in [0, 0.1) is 5.92 Å². The van der Waals surface area contributed by atoms with Crippen LogP contribution in [-0.4, -0.2) is 44.2 Å². The molecular weight excluding hydrogens is 447 g/mol. The Hall–Kier alpha value is -3.59. The number of hydrogen-bond donors (Lipinski definition) is 2. The number of nitrogens with zero attached hydrogens (tertiary/aromatic N) is 2. The summed E-state index contributed by atoms with van der Waals surface area (Å²) in [4.78, 5) is 26.0. The summed E-state index contributed by atoms with van der Waals surface area (Å²) in [5.74, 6) is 0.111. The van der Waals surface area contributed by atoms with Crippen molar-refractivity contribution < 1.29 is 27.9 Å². The van der Waals surface area contributed by atoms with Gasteiger partial charge in [0.15, 0.2) is 17.2 Å². The number of alkyl halides is 3. The molecule has 9 heteroatoms. The fraction of sp³-hybridized carbons (Fsp3) is 0.280. The second-order valence-corrected chi connectivity index (χ2v) is 8.67. The number of hydrogen-bond acceptors (Lipinski definition) is 5. The van der Waals surface area contributed by atoms with Crippen molar-refractivity contribution in [3.8, 4) is 5.75 Å². The highest BCUT2D eigenvalue weighted by molar-refractivity contribution is 6.08. The van der Waals surface area contributed by atoms with E-state index in [0.717, 1.165) is 11.1 Å². The van der Waals surface area contributed by atoms with Gasteiger partial charge in [-0.05, 0) is 73.2 Å². The van der Waals surface area contributed by atoms with E-state index < -0.39 is 11.8 Å². The van der Waals surface area contributed by atoms with Crippen molar-refractivity contribution in [1.29, 1.82) is 0 Å². The van der Waals surface area contributed by atoms with Gasteiger partial charge in [-0.2, -0.15) is 13.2 Å². The third-order valence-electron chi connectivity index (χ3n) is 6.39. The normalized spacial score (nSPS) is 22.8. The maximum Gasteiger partial charge on any atom is 0.417 e. The summed E-state index contributed by atoms with van der Waals surface area (Å²) in [7, 11) is 0. The number of para-hydroxylation sites is 2. The molecule has 176 valence electrons. The molecule has 5 rings (SSSR count). The van der Waals surface area contributed by atoms with Crippen LogP contribution in [0.2, 0.25) is 0 Å². The van der Waals surface area contributed by atoms with Crippen LogP contribution >= 0.6 is 0 Å². The van der Waals surface area contributed by atoms with E-state index in [1.54, 1.807) is 42.6 Å². The lowest BCUT2D eigenvalue weighted by Crippen LogP contribution is -2.42. The monoisotopic (exact) mass is 469 g/mol. The molecule has 6 nitrogen and oxygen atoms in total. The predicted molar refractivity (Wildman–Crippen MR) is 119 cm³/mol. The number of halogens is 3. The van der Waals surface area contributed by atoms with Crippen molar-refractivity contribution in [3.05, 3.63) is 83.8 Å². The number of aliphatic hydroxyl groups is 1. The minimum atomic E-state index is -4.63. The fourth-order valence-corrected chi connectivity index (χ4v) is 4.47. The average molecular weight is 469 g/mol. The maximum absolute atomic E-state index is 13.2. The van der Waals surface area contributed by atoms with Crippen LogP contribution in [0.4, 0.5) is 13.2 Å². The van der Waals surface area contributed by atoms with Gasteiger partial charge in [0.2, 0.25) is 5.78 Å². The number of hydroxylamine groups is 2. The molecule has 0 spiro atoms. The second kappa shape index (κ2) is 8.32. The molecule has 2 aromatic carbocycles. The first kappa shape index (κ1) is 22.2. The third-order valence-corrected chi connectivity index (χ3v) is 6.39. The van der Waals surface area contributed by atoms with Crippen LogP contribution in [0.25, 0.3) is 11.0 Å². The molecule has 2 N–H and O–H groups in total. The molecular formula is C25H22F3N3O3. The molecule has 1 saturated carbocycles. The summed E-state index contributed by atoms with van der Waals surface area (Å²) in [6.45, 7) is 0.286. The minimum absolute atomic E-state index is 0.246. The van der Waals surface area contributed by atoms with E-state index in [4.69, 9.17) is 4.84 Å². The molecule has 1 aliphatic heterocycles. The number of aromatic nitrogens is 2. The van der Waals surface area contributed by atoms with Crippen LogP contribution in [0.5, 0.6) is 5.75 Å². The Balaban J connectivity index is 1.22. The standard InChI is InChI=1S/C25H22F3N3O3/c26-25(27,28)24(33)12-11-17(14-24)18-4-3-13-31(15-18)34-19-9-7-16(8-10-19)22(32)23-29-20-5-1-2-6-21(20)30-23/h1-10,13,17,33H,11-12,14-15H2,(H,29,30)/t17-,24-/m0/s1. The molecule has 1 aromatic heterocycles. The van der Waals surface area contributed by atoms with Crippen molar-refractivity contribution in [3.63, 3.8) is 0 Å². The van der Waals surface area contributed by atoms with E-state index in [0.29, 0.717) is 16.8 Å². The number of carbonyl (C=O) groups is 1. The van der Waals surface area contributed by atoms with E-state index in [-0.39, 0.29) is 43.3 Å². The number of allylic oxidation sites excluding steroid dienone is 2. The van der Waals surface area contributed by atoms with Gasteiger partial charge in [0.25, 0.3) is 0 Å². The third kappa shape index (κ3) is 4.19. The van der Waals surface area contributed by atoms with Gasteiger partial charge in [0.1, 0.15) is 0 Å².